The Morgan fingerprint density at radius 3 is 2.09 bits per heavy atom. The number of nitrogens with zero attached hydrogens (tertiary/aromatic N) is 3. The maximum absolute atomic E-state index is 13.1. The maximum atomic E-state index is 13.1. The van der Waals surface area contributed by atoms with Crippen molar-refractivity contribution in [1.29, 1.82) is 0 Å². The topological polar surface area (TPSA) is 180 Å². The predicted octanol–water partition coefficient (Wildman–Crippen LogP) is 7.51. The number of hydrogen-bond donors (Lipinski definition) is 4. The van der Waals surface area contributed by atoms with Gasteiger partial charge in [-0.05, 0) is 37.6 Å². The third-order valence-corrected chi connectivity index (χ3v) is 11.8. The lowest BCUT2D eigenvalue weighted by Gasteiger charge is -2.32. The van der Waals surface area contributed by atoms with E-state index in [1.165, 1.54) is 101 Å². The zero-order valence-electron chi connectivity index (χ0n) is 32.2. The van der Waals surface area contributed by atoms with Crippen molar-refractivity contribution in [2.75, 3.05) is 32.2 Å². The second-order valence-corrected chi connectivity index (χ2v) is 16.7. The highest BCUT2D eigenvalue weighted by Gasteiger charge is 2.82. The quantitative estimate of drug-likeness (QED) is 0.0422. The van der Waals surface area contributed by atoms with Gasteiger partial charge >= 0.3 is 7.82 Å². The molecule has 1 aliphatic carbocycles. The normalized spacial score (nSPS) is 25.1. The van der Waals surface area contributed by atoms with Crippen LogP contribution in [0.5, 0.6) is 5.75 Å². The number of nitrogens with two attached hydrogens (primary N) is 1. The number of rotatable bonds is 28. The van der Waals surface area contributed by atoms with E-state index in [4.69, 9.17) is 29.0 Å². The van der Waals surface area contributed by atoms with Gasteiger partial charge in [0, 0.05) is 12.5 Å². The van der Waals surface area contributed by atoms with Crippen molar-refractivity contribution < 1.29 is 42.9 Å². The van der Waals surface area contributed by atoms with Crippen LogP contribution in [0.1, 0.15) is 122 Å². The highest BCUT2D eigenvalue weighted by molar-refractivity contribution is 7.47. The number of aliphatic hydroxyl groups excluding tert-OH is 1. The standard InChI is InChI=1S/C40H63N4O9P/c1-3-4-5-6-7-8-9-10-11-12-13-14-15-16-17-21-26-49-27-31(28-50-32-22-19-18-20-23-32)29-51-54(47,48)53-36-35-40(36,46)38(45)39(2,52-35)34-25-24-33-37(41)42-30-43-44(33)34/h18-20,22-25,30-31,35-36,38,45-46H,3-17,21,26-29H2,1-2H3,(H,47,48)(H2,41,42,43)/t31?,35-,36?,38+,39+,40+/m1/s1. The average Bonchev–Trinajstić information content (AvgIpc) is 3.41. The molecule has 54 heavy (non-hydrogen) atoms. The lowest BCUT2D eigenvalue weighted by atomic mass is 9.91. The summed E-state index contributed by atoms with van der Waals surface area (Å²) in [6.07, 6.45) is 18.2. The molecule has 3 heterocycles. The van der Waals surface area contributed by atoms with Gasteiger partial charge in [0.25, 0.3) is 0 Å². The van der Waals surface area contributed by atoms with E-state index in [1.54, 1.807) is 19.1 Å². The van der Waals surface area contributed by atoms with Crippen LogP contribution < -0.4 is 10.5 Å². The Labute approximate surface area is 320 Å². The minimum Gasteiger partial charge on any atom is -0.493 e. The van der Waals surface area contributed by atoms with Crippen LogP contribution in [0.2, 0.25) is 0 Å². The van der Waals surface area contributed by atoms with Gasteiger partial charge in [-0.2, -0.15) is 5.10 Å². The van der Waals surface area contributed by atoms with E-state index in [2.05, 4.69) is 17.0 Å². The summed E-state index contributed by atoms with van der Waals surface area (Å²) in [5.74, 6) is 0.532. The van der Waals surface area contributed by atoms with Gasteiger partial charge in [-0.1, -0.05) is 121 Å². The smallest absolute Gasteiger partial charge is 0.472 e. The number of phosphoric ester groups is 1. The van der Waals surface area contributed by atoms with Crippen molar-refractivity contribution in [3.05, 3.63) is 54.5 Å². The van der Waals surface area contributed by atoms with Crippen molar-refractivity contribution in [2.45, 2.75) is 146 Å². The van der Waals surface area contributed by atoms with Crippen molar-refractivity contribution in [3.8, 4) is 5.75 Å². The molecule has 0 amide bonds. The number of hydrogen-bond acceptors (Lipinski definition) is 11. The van der Waals surface area contributed by atoms with Crippen molar-refractivity contribution in [1.82, 2.24) is 14.6 Å². The van der Waals surface area contributed by atoms with Crippen molar-refractivity contribution in [3.63, 3.8) is 0 Å². The van der Waals surface area contributed by atoms with Gasteiger partial charge in [0.05, 0.1) is 25.5 Å². The fourth-order valence-corrected chi connectivity index (χ4v) is 8.51. The first-order valence-corrected chi connectivity index (χ1v) is 21.7. The van der Waals surface area contributed by atoms with E-state index in [9.17, 15) is 19.7 Å². The van der Waals surface area contributed by atoms with Gasteiger partial charge in [0.15, 0.2) is 11.4 Å². The predicted molar refractivity (Wildman–Crippen MR) is 207 cm³/mol. The van der Waals surface area contributed by atoms with E-state index in [0.717, 1.165) is 12.8 Å². The lowest BCUT2D eigenvalue weighted by Crippen LogP contribution is -2.46. The van der Waals surface area contributed by atoms with Crippen molar-refractivity contribution in [2.24, 2.45) is 5.92 Å². The van der Waals surface area contributed by atoms with Gasteiger partial charge in [-0.3, -0.25) is 9.05 Å². The molecule has 3 aromatic rings. The Bertz CT molecular complexity index is 1600. The van der Waals surface area contributed by atoms with E-state index < -0.39 is 37.3 Å². The summed E-state index contributed by atoms with van der Waals surface area (Å²) >= 11 is 0. The van der Waals surface area contributed by atoms with Crippen LogP contribution in [0.25, 0.3) is 5.52 Å². The largest absolute Gasteiger partial charge is 0.493 e. The molecule has 3 unspecified atom stereocenters. The average molecular weight is 775 g/mol. The summed E-state index contributed by atoms with van der Waals surface area (Å²) in [5, 5.41) is 26.8. The van der Waals surface area contributed by atoms with E-state index in [-0.39, 0.29) is 31.6 Å². The second-order valence-electron chi connectivity index (χ2n) is 15.3. The Balaban J connectivity index is 0.989. The Morgan fingerprint density at radius 1 is 0.889 bits per heavy atom. The van der Waals surface area contributed by atoms with Crippen LogP contribution in [0.4, 0.5) is 5.82 Å². The molecule has 1 saturated carbocycles. The molecule has 5 N–H and O–H groups in total. The molecule has 1 saturated heterocycles. The summed E-state index contributed by atoms with van der Waals surface area (Å²) < 4.78 is 43.3. The number of para-hydroxylation sites is 1. The zero-order valence-corrected chi connectivity index (χ0v) is 33.1. The first-order valence-electron chi connectivity index (χ1n) is 20.2. The molecule has 7 atom stereocenters. The second kappa shape index (κ2) is 20.5. The van der Waals surface area contributed by atoms with E-state index >= 15 is 0 Å². The van der Waals surface area contributed by atoms with E-state index in [0.29, 0.717) is 23.6 Å². The van der Waals surface area contributed by atoms with Crippen LogP contribution in [0.3, 0.4) is 0 Å². The number of benzene rings is 1. The molecule has 1 aromatic carbocycles. The number of unbranched alkanes of at least 4 members (excludes halogenated alkanes) is 15. The lowest BCUT2D eigenvalue weighted by molar-refractivity contribution is -0.126. The fourth-order valence-electron chi connectivity index (χ4n) is 7.49. The Morgan fingerprint density at radius 2 is 1.50 bits per heavy atom. The maximum Gasteiger partial charge on any atom is 0.472 e. The molecule has 1 aliphatic heterocycles. The number of ether oxygens (including phenoxy) is 3. The fraction of sp³-hybridized carbons (Fsp3) is 0.700. The van der Waals surface area contributed by atoms with Crippen LogP contribution >= 0.6 is 7.82 Å². The number of fused-ring (bicyclic) bond motifs is 2. The summed E-state index contributed by atoms with van der Waals surface area (Å²) in [6.45, 7) is 4.72. The first kappa shape index (κ1) is 42.5. The number of phosphoric acid groups is 1. The number of anilines is 1. The molecule has 302 valence electrons. The van der Waals surface area contributed by atoms with Gasteiger partial charge in [-0.15, -0.1) is 0 Å². The molecule has 14 heteroatoms. The zero-order chi connectivity index (χ0) is 38.4. The molecule has 13 nitrogen and oxygen atoms in total. The SMILES string of the molecule is CCCCCCCCCCCCCCCCCCOCC(COc1ccccc1)COP(=O)(O)OC1[C@H]2O[C@@](C)(c3ccc4c(N)ncnn34)[C@H](O)[C@@]12O. The monoisotopic (exact) mass is 774 g/mol. The molecule has 0 bridgehead atoms. The highest BCUT2D eigenvalue weighted by Crippen LogP contribution is 2.63. The van der Waals surface area contributed by atoms with Gasteiger partial charge in [0.1, 0.15) is 41.5 Å². The minimum atomic E-state index is -4.69. The molecule has 0 spiro atoms. The molecule has 2 aromatic heterocycles. The summed E-state index contributed by atoms with van der Waals surface area (Å²) in [4.78, 5) is 14.6. The van der Waals surface area contributed by atoms with Crippen LogP contribution in [-0.2, 0) is 28.7 Å². The molecule has 2 fully saturated rings. The minimum absolute atomic E-state index is 0.187. The van der Waals surface area contributed by atoms with Crippen molar-refractivity contribution >= 4 is 19.2 Å². The molecule has 2 aliphatic rings. The number of aromatic nitrogens is 3. The highest BCUT2D eigenvalue weighted by atomic mass is 31.2. The Kier molecular flexibility index (Phi) is 16.2. The summed E-state index contributed by atoms with van der Waals surface area (Å²) in [6, 6.07) is 12.7. The van der Waals surface area contributed by atoms with Crippen LogP contribution in [-0.4, -0.2) is 80.0 Å². The molecule has 5 rings (SSSR count). The number of aliphatic hydroxyl groups is 2. The molecular formula is C40H63N4O9P. The number of nitrogen functional groups attached to an aromatic ring is 1. The van der Waals surface area contributed by atoms with Gasteiger partial charge in [-0.25, -0.2) is 14.1 Å². The Hall–Kier alpha value is -2.61. The summed E-state index contributed by atoms with van der Waals surface area (Å²) in [7, 11) is -4.69. The van der Waals surface area contributed by atoms with Gasteiger partial charge in [0.2, 0.25) is 0 Å². The third kappa shape index (κ3) is 11.3. The first-order chi connectivity index (χ1) is 26.1. The third-order valence-electron chi connectivity index (χ3n) is 10.8. The molecule has 0 radical (unpaired) electrons. The van der Waals surface area contributed by atoms with Gasteiger partial charge < -0.3 is 35.1 Å². The molecular weight excluding hydrogens is 711 g/mol. The van der Waals surface area contributed by atoms with Crippen LogP contribution in [0, 0.1) is 5.92 Å². The van der Waals surface area contributed by atoms with Crippen LogP contribution in [0.15, 0.2) is 48.8 Å². The van der Waals surface area contributed by atoms with E-state index in [1.807, 2.05) is 30.3 Å². The summed E-state index contributed by atoms with van der Waals surface area (Å²) in [5.41, 5.74) is 3.55.